The van der Waals surface area contributed by atoms with E-state index in [0.717, 1.165) is 0 Å². The molecule has 0 aromatic heterocycles. The average Bonchev–Trinajstić information content (AvgIpc) is 2.57. The van der Waals surface area contributed by atoms with Crippen LogP contribution in [-0.4, -0.2) is 18.7 Å². The fraction of sp³-hybridized carbons (Fsp3) is 0.300. The number of benzene rings is 1. The molecule has 80 valence electrons. The zero-order valence-corrected chi connectivity index (χ0v) is 9.29. The molecule has 0 spiro atoms. The first-order valence-electron chi connectivity index (χ1n) is 4.45. The van der Waals surface area contributed by atoms with Gasteiger partial charge in [0, 0.05) is 10.9 Å². The first-order chi connectivity index (χ1) is 7.16. The first-order valence-corrected chi connectivity index (χ1v) is 5.24. The molecule has 1 aliphatic rings. The lowest BCUT2D eigenvalue weighted by Crippen LogP contribution is -2.22. The largest absolute Gasteiger partial charge is 0.476 e. The minimum atomic E-state index is -0.680. The molecule has 0 amide bonds. The van der Waals surface area contributed by atoms with Gasteiger partial charge in [-0.15, -0.1) is 0 Å². The molecule has 0 aliphatic carbocycles. The first kappa shape index (κ1) is 10.4. The Kier molecular flexibility index (Phi) is 2.90. The molecule has 0 N–H and O–H groups in total. The minimum absolute atomic E-state index is 0.0713. The van der Waals surface area contributed by atoms with Crippen LogP contribution in [0.5, 0.6) is 5.75 Å². The number of rotatable bonds is 2. The van der Waals surface area contributed by atoms with Crippen molar-refractivity contribution >= 4 is 21.9 Å². The predicted octanol–water partition coefficient (Wildman–Crippen LogP) is 2.28. The second-order valence-corrected chi connectivity index (χ2v) is 4.05. The van der Waals surface area contributed by atoms with Crippen molar-refractivity contribution in [3.63, 3.8) is 0 Å². The molecular formula is C10H8BrFO3. The molecule has 3 nitrogen and oxygen atoms in total. The molecule has 1 aliphatic heterocycles. The van der Waals surface area contributed by atoms with E-state index in [0.29, 0.717) is 17.5 Å². The van der Waals surface area contributed by atoms with E-state index in [1.165, 1.54) is 12.1 Å². The van der Waals surface area contributed by atoms with Gasteiger partial charge in [-0.2, -0.15) is 0 Å². The van der Waals surface area contributed by atoms with Gasteiger partial charge < -0.3 is 9.47 Å². The Bertz CT molecular complexity index is 394. The molecule has 1 aromatic carbocycles. The van der Waals surface area contributed by atoms with Crippen molar-refractivity contribution in [3.05, 3.63) is 28.5 Å². The highest BCUT2D eigenvalue weighted by Crippen LogP contribution is 2.24. The van der Waals surface area contributed by atoms with Crippen molar-refractivity contribution in [1.29, 1.82) is 0 Å². The number of cyclic esters (lactones) is 1. The summed E-state index contributed by atoms with van der Waals surface area (Å²) in [5.74, 6) is -0.858. The fourth-order valence-electron chi connectivity index (χ4n) is 1.31. The van der Waals surface area contributed by atoms with Crippen LogP contribution in [0.2, 0.25) is 0 Å². The Balaban J connectivity index is 2.13. The van der Waals surface area contributed by atoms with E-state index < -0.39 is 17.9 Å². The molecule has 0 bridgehead atoms. The highest BCUT2D eigenvalue weighted by atomic mass is 79.9. The molecular weight excluding hydrogens is 267 g/mol. The Hall–Kier alpha value is -1.10. The van der Waals surface area contributed by atoms with Gasteiger partial charge in [0.05, 0.1) is 6.61 Å². The molecule has 1 saturated heterocycles. The maximum absolute atomic E-state index is 13.3. The summed E-state index contributed by atoms with van der Waals surface area (Å²) < 4.78 is 23.9. The van der Waals surface area contributed by atoms with Crippen molar-refractivity contribution < 1.29 is 18.7 Å². The number of esters is 1. The number of hydrogen-bond acceptors (Lipinski definition) is 3. The summed E-state index contributed by atoms with van der Waals surface area (Å²) in [5.41, 5.74) is 0. The van der Waals surface area contributed by atoms with Crippen LogP contribution in [0.25, 0.3) is 0 Å². The van der Waals surface area contributed by atoms with Crippen LogP contribution >= 0.6 is 15.9 Å². The standard InChI is InChI=1S/C10H8BrFO3/c11-6-1-2-8(7(12)5-6)15-9-3-4-14-10(9)13/h1-2,5,9H,3-4H2/t9-/m0/s1. The smallest absolute Gasteiger partial charge is 0.347 e. The summed E-state index contributed by atoms with van der Waals surface area (Å²) in [6, 6.07) is 4.42. The second kappa shape index (κ2) is 4.18. The quantitative estimate of drug-likeness (QED) is 0.777. The maximum atomic E-state index is 13.3. The lowest BCUT2D eigenvalue weighted by Gasteiger charge is -2.10. The molecule has 0 saturated carbocycles. The number of halogens is 2. The molecule has 15 heavy (non-hydrogen) atoms. The van der Waals surface area contributed by atoms with Gasteiger partial charge >= 0.3 is 5.97 Å². The van der Waals surface area contributed by atoms with Crippen LogP contribution in [0.15, 0.2) is 22.7 Å². The molecule has 1 fully saturated rings. The third-order valence-electron chi connectivity index (χ3n) is 2.05. The van der Waals surface area contributed by atoms with Gasteiger partial charge in [-0.05, 0) is 18.2 Å². The van der Waals surface area contributed by atoms with Gasteiger partial charge in [-0.1, -0.05) is 15.9 Å². The predicted molar refractivity (Wildman–Crippen MR) is 54.1 cm³/mol. The van der Waals surface area contributed by atoms with Crippen LogP contribution in [0.1, 0.15) is 6.42 Å². The van der Waals surface area contributed by atoms with Gasteiger partial charge in [0.2, 0.25) is 0 Å². The van der Waals surface area contributed by atoms with Gasteiger partial charge in [0.1, 0.15) is 0 Å². The Morgan fingerprint density at radius 3 is 2.93 bits per heavy atom. The third kappa shape index (κ3) is 2.28. The summed E-state index contributed by atoms with van der Waals surface area (Å²) in [5, 5.41) is 0. The van der Waals surface area contributed by atoms with Crippen LogP contribution < -0.4 is 4.74 Å². The lowest BCUT2D eigenvalue weighted by atomic mass is 10.3. The van der Waals surface area contributed by atoms with Crippen LogP contribution in [-0.2, 0) is 9.53 Å². The summed E-state index contributed by atoms with van der Waals surface area (Å²) in [7, 11) is 0. The summed E-state index contributed by atoms with van der Waals surface area (Å²) in [4.78, 5) is 11.1. The van der Waals surface area contributed by atoms with Crippen molar-refractivity contribution in [2.24, 2.45) is 0 Å². The molecule has 0 radical (unpaired) electrons. The van der Waals surface area contributed by atoms with Gasteiger partial charge in [0.15, 0.2) is 17.7 Å². The minimum Gasteiger partial charge on any atom is -0.476 e. The monoisotopic (exact) mass is 274 g/mol. The highest BCUT2D eigenvalue weighted by molar-refractivity contribution is 9.10. The van der Waals surface area contributed by atoms with Gasteiger partial charge in [-0.25, -0.2) is 9.18 Å². The summed E-state index contributed by atoms with van der Waals surface area (Å²) >= 11 is 3.13. The molecule has 5 heteroatoms. The summed E-state index contributed by atoms with van der Waals surface area (Å²) in [6.45, 7) is 0.335. The topological polar surface area (TPSA) is 35.5 Å². The molecule has 1 atom stereocenters. The van der Waals surface area contributed by atoms with E-state index in [4.69, 9.17) is 9.47 Å². The van der Waals surface area contributed by atoms with Gasteiger partial charge in [-0.3, -0.25) is 0 Å². The van der Waals surface area contributed by atoms with Crippen LogP contribution in [0, 0.1) is 5.82 Å². The molecule has 1 heterocycles. The lowest BCUT2D eigenvalue weighted by molar-refractivity contribution is -0.143. The number of carbonyl (C=O) groups is 1. The molecule has 1 aromatic rings. The van der Waals surface area contributed by atoms with Crippen molar-refractivity contribution in [1.82, 2.24) is 0 Å². The van der Waals surface area contributed by atoms with Crippen molar-refractivity contribution in [3.8, 4) is 5.75 Å². The van der Waals surface area contributed by atoms with E-state index in [-0.39, 0.29) is 5.75 Å². The van der Waals surface area contributed by atoms with E-state index in [1.807, 2.05) is 0 Å². The van der Waals surface area contributed by atoms with Gasteiger partial charge in [0.25, 0.3) is 0 Å². The number of hydrogen-bond donors (Lipinski definition) is 0. The average molecular weight is 275 g/mol. The Labute approximate surface area is 94.3 Å². The zero-order chi connectivity index (χ0) is 10.8. The maximum Gasteiger partial charge on any atom is 0.347 e. The third-order valence-corrected chi connectivity index (χ3v) is 2.54. The summed E-state index contributed by atoms with van der Waals surface area (Å²) in [6.07, 6.45) is -0.213. The second-order valence-electron chi connectivity index (χ2n) is 3.14. The van der Waals surface area contributed by atoms with E-state index in [2.05, 4.69) is 15.9 Å². The Morgan fingerprint density at radius 1 is 1.53 bits per heavy atom. The highest BCUT2D eigenvalue weighted by Gasteiger charge is 2.29. The van der Waals surface area contributed by atoms with E-state index in [9.17, 15) is 9.18 Å². The zero-order valence-electron chi connectivity index (χ0n) is 7.70. The number of carbonyl (C=O) groups excluding carboxylic acids is 1. The van der Waals surface area contributed by atoms with E-state index in [1.54, 1.807) is 6.07 Å². The van der Waals surface area contributed by atoms with Crippen LogP contribution in [0.4, 0.5) is 4.39 Å². The van der Waals surface area contributed by atoms with E-state index >= 15 is 0 Å². The SMILES string of the molecule is O=C1OCC[C@@H]1Oc1ccc(Br)cc1F. The number of ether oxygens (including phenoxy) is 2. The van der Waals surface area contributed by atoms with Crippen LogP contribution in [0.3, 0.4) is 0 Å². The normalized spacial score (nSPS) is 20.1. The molecule has 2 rings (SSSR count). The Morgan fingerprint density at radius 2 is 2.33 bits per heavy atom. The fourth-order valence-corrected chi connectivity index (χ4v) is 1.64. The van der Waals surface area contributed by atoms with Crippen molar-refractivity contribution in [2.45, 2.75) is 12.5 Å². The van der Waals surface area contributed by atoms with Crippen molar-refractivity contribution in [2.75, 3.05) is 6.61 Å². The molecule has 0 unspecified atom stereocenters.